The second-order valence-electron chi connectivity index (χ2n) is 5.81. The zero-order valence-corrected chi connectivity index (χ0v) is 14.1. The van der Waals surface area contributed by atoms with E-state index in [0.717, 1.165) is 32.6 Å². The number of halogens is 1. The summed E-state index contributed by atoms with van der Waals surface area (Å²) >= 11 is 0. The molecule has 0 saturated carbocycles. The van der Waals surface area contributed by atoms with E-state index in [1.165, 1.54) is 16.7 Å². The fraction of sp³-hybridized carbons (Fsp3) is 0.471. The first-order valence-electron chi connectivity index (χ1n) is 7.77. The molecule has 2 heterocycles. The minimum atomic E-state index is 0. The number of nitrogens with zero attached hydrogens (tertiary/aromatic N) is 3. The van der Waals surface area contributed by atoms with Crippen molar-refractivity contribution in [1.29, 1.82) is 0 Å². The van der Waals surface area contributed by atoms with Gasteiger partial charge in [0.25, 0.3) is 0 Å². The highest BCUT2D eigenvalue weighted by Gasteiger charge is 2.23. The van der Waals surface area contributed by atoms with Gasteiger partial charge >= 0.3 is 0 Å². The summed E-state index contributed by atoms with van der Waals surface area (Å²) in [5.41, 5.74) is 4.10. The minimum Gasteiger partial charge on any atom is -0.314 e. The van der Waals surface area contributed by atoms with Crippen molar-refractivity contribution in [1.82, 2.24) is 20.0 Å². The fourth-order valence-corrected chi connectivity index (χ4v) is 3.03. The number of hydrogen-bond donors (Lipinski definition) is 1. The number of nitrogens with one attached hydrogen (secondary N) is 1. The van der Waals surface area contributed by atoms with Crippen LogP contribution in [0.25, 0.3) is 0 Å². The van der Waals surface area contributed by atoms with Crippen molar-refractivity contribution in [2.45, 2.75) is 25.9 Å². The standard InChI is InChI=1S/C17H24N4.ClH/c1-3-14-4-6-16(7-5-14)17-11-18-8-9-21(17)13-15-10-19-20(2)12-15;/h4-7,10,12,17-18H,3,8-9,11,13H2,1-2H3;1H. The summed E-state index contributed by atoms with van der Waals surface area (Å²) in [6.07, 6.45) is 5.18. The Bertz CT molecular complexity index is 579. The van der Waals surface area contributed by atoms with Gasteiger partial charge in [-0.05, 0) is 17.5 Å². The molecule has 3 rings (SSSR count). The molecule has 1 aromatic heterocycles. The molecular formula is C17H25ClN4. The predicted octanol–water partition coefficient (Wildman–Crippen LogP) is 2.55. The van der Waals surface area contributed by atoms with Crippen molar-refractivity contribution in [3.63, 3.8) is 0 Å². The predicted molar refractivity (Wildman–Crippen MR) is 92.3 cm³/mol. The summed E-state index contributed by atoms with van der Waals surface area (Å²) < 4.78 is 1.88. The molecule has 1 atom stereocenters. The molecule has 1 aromatic carbocycles. The summed E-state index contributed by atoms with van der Waals surface area (Å²) in [6.45, 7) is 6.33. The topological polar surface area (TPSA) is 33.1 Å². The highest BCUT2D eigenvalue weighted by atomic mass is 35.5. The van der Waals surface area contributed by atoms with E-state index in [-0.39, 0.29) is 12.4 Å². The molecule has 120 valence electrons. The molecule has 5 heteroatoms. The maximum absolute atomic E-state index is 4.28. The number of benzene rings is 1. The third-order valence-corrected chi connectivity index (χ3v) is 4.27. The number of aromatic nitrogens is 2. The molecule has 0 amide bonds. The van der Waals surface area contributed by atoms with E-state index in [1.807, 2.05) is 17.9 Å². The molecule has 1 fully saturated rings. The van der Waals surface area contributed by atoms with E-state index < -0.39 is 0 Å². The maximum atomic E-state index is 4.28. The Hall–Kier alpha value is -1.36. The van der Waals surface area contributed by atoms with Gasteiger partial charge in [-0.15, -0.1) is 12.4 Å². The van der Waals surface area contributed by atoms with Crippen molar-refractivity contribution >= 4 is 12.4 Å². The van der Waals surface area contributed by atoms with Gasteiger partial charge in [-0.1, -0.05) is 31.2 Å². The largest absolute Gasteiger partial charge is 0.314 e. The molecule has 0 aliphatic carbocycles. The van der Waals surface area contributed by atoms with Crippen LogP contribution in [-0.2, 0) is 20.0 Å². The summed E-state index contributed by atoms with van der Waals surface area (Å²) in [6, 6.07) is 9.53. The molecule has 2 aromatic rings. The van der Waals surface area contributed by atoms with Crippen molar-refractivity contribution in [3.05, 3.63) is 53.3 Å². The Morgan fingerprint density at radius 2 is 2.00 bits per heavy atom. The molecule has 1 N–H and O–H groups in total. The monoisotopic (exact) mass is 320 g/mol. The van der Waals surface area contributed by atoms with Crippen LogP contribution in [0, 0.1) is 0 Å². The molecule has 4 nitrogen and oxygen atoms in total. The lowest BCUT2D eigenvalue weighted by molar-refractivity contribution is 0.153. The summed E-state index contributed by atoms with van der Waals surface area (Å²) in [5, 5.41) is 7.80. The first kappa shape index (κ1) is 17.0. The number of aryl methyl sites for hydroxylation is 2. The van der Waals surface area contributed by atoms with Gasteiger partial charge in [0.2, 0.25) is 0 Å². The van der Waals surface area contributed by atoms with Crippen molar-refractivity contribution in [3.8, 4) is 0 Å². The molecule has 1 saturated heterocycles. The molecule has 0 spiro atoms. The second-order valence-corrected chi connectivity index (χ2v) is 5.81. The number of rotatable bonds is 4. The Morgan fingerprint density at radius 3 is 2.64 bits per heavy atom. The van der Waals surface area contributed by atoms with E-state index in [1.54, 1.807) is 0 Å². The maximum Gasteiger partial charge on any atom is 0.0534 e. The van der Waals surface area contributed by atoms with Gasteiger partial charge < -0.3 is 5.32 Å². The Balaban J connectivity index is 0.00000176. The van der Waals surface area contributed by atoms with Gasteiger partial charge in [-0.3, -0.25) is 9.58 Å². The van der Waals surface area contributed by atoms with Crippen LogP contribution in [0.3, 0.4) is 0 Å². The smallest absolute Gasteiger partial charge is 0.0534 e. The van der Waals surface area contributed by atoms with Crippen LogP contribution in [-0.4, -0.2) is 34.3 Å². The van der Waals surface area contributed by atoms with Crippen molar-refractivity contribution in [2.75, 3.05) is 19.6 Å². The van der Waals surface area contributed by atoms with Crippen LogP contribution in [0.4, 0.5) is 0 Å². The van der Waals surface area contributed by atoms with Crippen LogP contribution in [0.1, 0.15) is 29.7 Å². The van der Waals surface area contributed by atoms with Gasteiger partial charge in [0.05, 0.1) is 6.20 Å². The molecule has 1 unspecified atom stereocenters. The summed E-state index contributed by atoms with van der Waals surface area (Å²) in [7, 11) is 1.97. The third-order valence-electron chi connectivity index (χ3n) is 4.27. The summed E-state index contributed by atoms with van der Waals surface area (Å²) in [4.78, 5) is 2.55. The first-order valence-corrected chi connectivity index (χ1v) is 7.77. The van der Waals surface area contributed by atoms with Crippen LogP contribution in [0.15, 0.2) is 36.7 Å². The van der Waals surface area contributed by atoms with E-state index in [2.05, 4.69) is 52.7 Å². The quantitative estimate of drug-likeness (QED) is 0.940. The lowest BCUT2D eigenvalue weighted by Crippen LogP contribution is -2.45. The average molecular weight is 321 g/mol. The van der Waals surface area contributed by atoms with Gasteiger partial charge in [0.15, 0.2) is 0 Å². The molecule has 22 heavy (non-hydrogen) atoms. The van der Waals surface area contributed by atoms with Crippen molar-refractivity contribution in [2.24, 2.45) is 7.05 Å². The van der Waals surface area contributed by atoms with Crippen molar-refractivity contribution < 1.29 is 0 Å². The zero-order chi connectivity index (χ0) is 14.7. The SMILES string of the molecule is CCc1ccc(C2CNCCN2Cc2cnn(C)c2)cc1.Cl. The fourth-order valence-electron chi connectivity index (χ4n) is 3.03. The molecule has 1 aliphatic rings. The second kappa shape index (κ2) is 7.77. The van der Waals surface area contributed by atoms with Crippen LogP contribution < -0.4 is 5.32 Å². The van der Waals surface area contributed by atoms with E-state index in [4.69, 9.17) is 0 Å². The molecule has 0 bridgehead atoms. The van der Waals surface area contributed by atoms with Gasteiger partial charge in [-0.2, -0.15) is 5.10 Å². The average Bonchev–Trinajstić information content (AvgIpc) is 2.93. The van der Waals surface area contributed by atoms with Gasteiger partial charge in [0, 0.05) is 51.0 Å². The van der Waals surface area contributed by atoms with E-state index >= 15 is 0 Å². The van der Waals surface area contributed by atoms with Crippen LogP contribution in [0.2, 0.25) is 0 Å². The third kappa shape index (κ3) is 3.88. The summed E-state index contributed by atoms with van der Waals surface area (Å²) in [5.74, 6) is 0. The number of piperazine rings is 1. The van der Waals surface area contributed by atoms with E-state index in [9.17, 15) is 0 Å². The van der Waals surface area contributed by atoms with E-state index in [0.29, 0.717) is 6.04 Å². The molecular weight excluding hydrogens is 296 g/mol. The lowest BCUT2D eigenvalue weighted by atomic mass is 10.0. The lowest BCUT2D eigenvalue weighted by Gasteiger charge is -2.36. The normalized spacial score (nSPS) is 18.9. The van der Waals surface area contributed by atoms with Gasteiger partial charge in [-0.25, -0.2) is 0 Å². The Kier molecular flexibility index (Phi) is 6.00. The highest BCUT2D eigenvalue weighted by molar-refractivity contribution is 5.85. The zero-order valence-electron chi connectivity index (χ0n) is 13.3. The van der Waals surface area contributed by atoms with Crippen LogP contribution in [0.5, 0.6) is 0 Å². The Labute approximate surface area is 138 Å². The van der Waals surface area contributed by atoms with Gasteiger partial charge in [0.1, 0.15) is 0 Å². The Morgan fingerprint density at radius 1 is 1.23 bits per heavy atom. The highest BCUT2D eigenvalue weighted by Crippen LogP contribution is 2.24. The minimum absolute atomic E-state index is 0. The number of hydrogen-bond acceptors (Lipinski definition) is 3. The van der Waals surface area contributed by atoms with Crippen LogP contribution >= 0.6 is 12.4 Å². The molecule has 1 aliphatic heterocycles. The molecule has 0 radical (unpaired) electrons. The first-order chi connectivity index (χ1) is 10.3.